The molecule has 0 radical (unpaired) electrons. The fourth-order valence-electron chi connectivity index (χ4n) is 1.44. The van der Waals surface area contributed by atoms with E-state index in [0.29, 0.717) is 11.5 Å². The van der Waals surface area contributed by atoms with Gasteiger partial charge in [-0.1, -0.05) is 27.4 Å². The summed E-state index contributed by atoms with van der Waals surface area (Å²) in [5, 5.41) is 0. The molecule has 1 rings (SSSR count). The highest BCUT2D eigenvalue weighted by Gasteiger charge is 2.35. The third-order valence-electron chi connectivity index (χ3n) is 2.33. The van der Waals surface area contributed by atoms with Crippen LogP contribution >= 0.6 is 0 Å². The number of carbonyl (C=O) groups excluding carboxylic acids is 1. The van der Waals surface area contributed by atoms with Gasteiger partial charge in [-0.05, 0) is 12.3 Å². The van der Waals surface area contributed by atoms with E-state index in [1.165, 1.54) is 0 Å². The lowest BCUT2D eigenvalue weighted by molar-refractivity contribution is -0.139. The molecular formula is C10H16O2. The number of hydrogen-bond acceptors (Lipinski definition) is 2. The average Bonchev–Trinajstić information content (AvgIpc) is 2.17. The molecule has 0 N–H and O–H groups in total. The molecule has 1 aliphatic rings. The van der Waals surface area contributed by atoms with Crippen molar-refractivity contribution in [1.82, 2.24) is 0 Å². The van der Waals surface area contributed by atoms with E-state index in [1.807, 2.05) is 6.92 Å². The molecule has 1 fully saturated rings. The van der Waals surface area contributed by atoms with E-state index in [0.717, 1.165) is 6.42 Å². The van der Waals surface area contributed by atoms with Crippen molar-refractivity contribution in [2.24, 2.45) is 11.8 Å². The summed E-state index contributed by atoms with van der Waals surface area (Å²) < 4.78 is 5.16. The van der Waals surface area contributed by atoms with E-state index >= 15 is 0 Å². The molecule has 68 valence electrons. The molecule has 0 bridgehead atoms. The summed E-state index contributed by atoms with van der Waals surface area (Å²) in [7, 11) is 0. The minimum atomic E-state index is -0.215. The van der Waals surface area contributed by atoms with Crippen LogP contribution in [-0.2, 0) is 9.53 Å². The summed E-state index contributed by atoms with van der Waals surface area (Å²) in [6.45, 7) is 9.95. The molecule has 12 heavy (non-hydrogen) atoms. The first-order chi connectivity index (χ1) is 5.52. The third-order valence-corrected chi connectivity index (χ3v) is 2.33. The molecule has 0 spiro atoms. The summed E-state index contributed by atoms with van der Waals surface area (Å²) >= 11 is 0. The maximum atomic E-state index is 11.1. The van der Waals surface area contributed by atoms with Gasteiger partial charge in [0.05, 0.1) is 0 Å². The molecule has 1 aliphatic heterocycles. The maximum absolute atomic E-state index is 11.1. The summed E-state index contributed by atoms with van der Waals surface area (Å²) in [6, 6.07) is 0. The first-order valence-electron chi connectivity index (χ1n) is 4.42. The van der Waals surface area contributed by atoms with E-state index in [1.54, 1.807) is 0 Å². The first kappa shape index (κ1) is 9.30. The SMILES string of the molecule is C=C1C(=O)OC(CC(C)C)C1C. The summed E-state index contributed by atoms with van der Waals surface area (Å²) in [6.07, 6.45) is 0.997. The number of ether oxygens (including phenoxy) is 1. The zero-order valence-corrected chi connectivity index (χ0v) is 7.96. The van der Waals surface area contributed by atoms with Crippen molar-refractivity contribution in [2.75, 3.05) is 0 Å². The Kier molecular flexibility index (Phi) is 2.55. The highest BCUT2D eigenvalue weighted by atomic mass is 16.6. The lowest BCUT2D eigenvalue weighted by Crippen LogP contribution is -2.16. The van der Waals surface area contributed by atoms with Crippen LogP contribution in [-0.4, -0.2) is 12.1 Å². The van der Waals surface area contributed by atoms with E-state index in [-0.39, 0.29) is 18.0 Å². The molecule has 0 saturated carbocycles. The Hall–Kier alpha value is -0.790. The van der Waals surface area contributed by atoms with Gasteiger partial charge in [-0.15, -0.1) is 0 Å². The summed E-state index contributed by atoms with van der Waals surface area (Å²) in [5.41, 5.74) is 0.626. The van der Waals surface area contributed by atoms with Crippen LogP contribution in [0.25, 0.3) is 0 Å². The quantitative estimate of drug-likeness (QED) is 0.466. The van der Waals surface area contributed by atoms with Crippen LogP contribution in [0.3, 0.4) is 0 Å². The fraction of sp³-hybridized carbons (Fsp3) is 0.700. The highest BCUT2D eigenvalue weighted by Crippen LogP contribution is 2.29. The van der Waals surface area contributed by atoms with Gasteiger partial charge in [0.15, 0.2) is 0 Å². The first-order valence-corrected chi connectivity index (χ1v) is 4.42. The van der Waals surface area contributed by atoms with Crippen molar-refractivity contribution in [3.63, 3.8) is 0 Å². The Labute approximate surface area is 73.6 Å². The Morgan fingerprint density at radius 2 is 2.17 bits per heavy atom. The van der Waals surface area contributed by atoms with Crippen LogP contribution in [0.4, 0.5) is 0 Å². The average molecular weight is 168 g/mol. The zero-order valence-electron chi connectivity index (χ0n) is 7.96. The second-order valence-corrected chi connectivity index (χ2v) is 3.89. The van der Waals surface area contributed by atoms with Crippen LogP contribution < -0.4 is 0 Å². The van der Waals surface area contributed by atoms with Gasteiger partial charge < -0.3 is 4.74 Å². The Morgan fingerprint density at radius 3 is 2.50 bits per heavy atom. The largest absolute Gasteiger partial charge is 0.458 e. The van der Waals surface area contributed by atoms with Crippen LogP contribution in [0, 0.1) is 11.8 Å². The Balaban J connectivity index is 2.59. The smallest absolute Gasteiger partial charge is 0.334 e. The van der Waals surface area contributed by atoms with Gasteiger partial charge in [-0.25, -0.2) is 4.79 Å². The lowest BCUT2D eigenvalue weighted by Gasteiger charge is -2.15. The molecule has 2 atom stereocenters. The van der Waals surface area contributed by atoms with Crippen molar-refractivity contribution in [3.05, 3.63) is 12.2 Å². The number of cyclic esters (lactones) is 1. The van der Waals surface area contributed by atoms with Crippen molar-refractivity contribution in [2.45, 2.75) is 33.3 Å². The molecular weight excluding hydrogens is 152 g/mol. The molecule has 1 saturated heterocycles. The van der Waals surface area contributed by atoms with Crippen molar-refractivity contribution in [1.29, 1.82) is 0 Å². The molecule has 0 amide bonds. The highest BCUT2D eigenvalue weighted by molar-refractivity contribution is 5.90. The van der Waals surface area contributed by atoms with Gasteiger partial charge in [-0.2, -0.15) is 0 Å². The van der Waals surface area contributed by atoms with Crippen molar-refractivity contribution in [3.8, 4) is 0 Å². The summed E-state index contributed by atoms with van der Waals surface area (Å²) in [5.74, 6) is 0.546. The molecule has 0 aromatic heterocycles. The van der Waals surface area contributed by atoms with Crippen molar-refractivity contribution < 1.29 is 9.53 Å². The van der Waals surface area contributed by atoms with E-state index in [2.05, 4.69) is 20.4 Å². The Morgan fingerprint density at radius 1 is 1.58 bits per heavy atom. The van der Waals surface area contributed by atoms with E-state index < -0.39 is 0 Å². The predicted octanol–water partition coefficient (Wildman–Crippen LogP) is 2.15. The fourth-order valence-corrected chi connectivity index (χ4v) is 1.44. The van der Waals surface area contributed by atoms with E-state index in [9.17, 15) is 4.79 Å². The predicted molar refractivity (Wildman–Crippen MR) is 47.6 cm³/mol. The molecule has 0 aromatic rings. The zero-order chi connectivity index (χ0) is 9.30. The normalized spacial score (nSPS) is 29.7. The second-order valence-electron chi connectivity index (χ2n) is 3.89. The molecule has 0 aliphatic carbocycles. The number of rotatable bonds is 2. The number of carbonyl (C=O) groups is 1. The number of hydrogen-bond donors (Lipinski definition) is 0. The monoisotopic (exact) mass is 168 g/mol. The van der Waals surface area contributed by atoms with Gasteiger partial charge in [-0.3, -0.25) is 0 Å². The van der Waals surface area contributed by atoms with Crippen molar-refractivity contribution >= 4 is 5.97 Å². The van der Waals surface area contributed by atoms with Gasteiger partial charge in [0.1, 0.15) is 6.10 Å². The molecule has 2 nitrogen and oxygen atoms in total. The van der Waals surface area contributed by atoms with Gasteiger partial charge >= 0.3 is 5.97 Å². The second kappa shape index (κ2) is 3.30. The van der Waals surface area contributed by atoms with E-state index in [4.69, 9.17) is 4.74 Å². The van der Waals surface area contributed by atoms with Crippen LogP contribution in [0.15, 0.2) is 12.2 Å². The minimum Gasteiger partial charge on any atom is -0.458 e. The third kappa shape index (κ3) is 1.68. The standard InChI is InChI=1S/C10H16O2/c1-6(2)5-9-7(3)8(4)10(11)12-9/h6-7,9H,4-5H2,1-3H3. The lowest BCUT2D eigenvalue weighted by atomic mass is 9.93. The molecule has 1 heterocycles. The van der Waals surface area contributed by atoms with Gasteiger partial charge in [0.2, 0.25) is 0 Å². The van der Waals surface area contributed by atoms with Gasteiger partial charge in [0, 0.05) is 11.5 Å². The number of esters is 1. The molecule has 2 heteroatoms. The Bertz CT molecular complexity index is 206. The van der Waals surface area contributed by atoms with Crippen LogP contribution in [0.2, 0.25) is 0 Å². The molecule has 0 aromatic carbocycles. The van der Waals surface area contributed by atoms with Crippen LogP contribution in [0.1, 0.15) is 27.2 Å². The summed E-state index contributed by atoms with van der Waals surface area (Å²) in [4.78, 5) is 11.1. The van der Waals surface area contributed by atoms with Crippen LogP contribution in [0.5, 0.6) is 0 Å². The van der Waals surface area contributed by atoms with Gasteiger partial charge in [0.25, 0.3) is 0 Å². The minimum absolute atomic E-state index is 0.0602. The topological polar surface area (TPSA) is 26.3 Å². The maximum Gasteiger partial charge on any atom is 0.334 e. The molecule has 2 unspecified atom stereocenters.